The van der Waals surface area contributed by atoms with E-state index in [1.54, 1.807) is 18.2 Å². The highest BCUT2D eigenvalue weighted by molar-refractivity contribution is 6.22. The van der Waals surface area contributed by atoms with Gasteiger partial charge in [-0.1, -0.05) is 12.8 Å². The molecule has 1 aliphatic carbocycles. The predicted octanol–water partition coefficient (Wildman–Crippen LogP) is 3.15. The van der Waals surface area contributed by atoms with Gasteiger partial charge in [-0.05, 0) is 51.8 Å². The third kappa shape index (κ3) is 3.00. The third-order valence-electron chi connectivity index (χ3n) is 4.51. The summed E-state index contributed by atoms with van der Waals surface area (Å²) in [5, 5.41) is 5.69. The monoisotopic (exact) mass is 329 g/mol. The van der Waals surface area contributed by atoms with E-state index in [-0.39, 0.29) is 23.9 Å². The molecule has 128 valence electrons. The molecule has 24 heavy (non-hydrogen) atoms. The van der Waals surface area contributed by atoms with Crippen molar-refractivity contribution in [2.45, 2.75) is 58.0 Å². The number of rotatable bonds is 2. The highest BCUT2D eigenvalue weighted by Gasteiger charge is 2.41. The molecule has 0 unspecified atom stereocenters. The van der Waals surface area contributed by atoms with Crippen molar-refractivity contribution in [1.29, 1.82) is 0 Å². The number of carbonyl (C=O) groups is 3. The molecule has 1 aliphatic heterocycles. The Morgan fingerprint density at radius 2 is 1.71 bits per heavy atom. The summed E-state index contributed by atoms with van der Waals surface area (Å²) in [7, 11) is 0. The second-order valence-corrected chi connectivity index (χ2v) is 7.46. The SMILES string of the molecule is CC(C)(C)N1C(=O)c2ccc(NC(=O)NC3CCCC3)cc2C1=O. The van der Waals surface area contributed by atoms with Crippen molar-refractivity contribution in [1.82, 2.24) is 10.2 Å². The first kappa shape index (κ1) is 16.5. The van der Waals surface area contributed by atoms with Crippen LogP contribution in [-0.2, 0) is 0 Å². The molecule has 6 heteroatoms. The van der Waals surface area contributed by atoms with Gasteiger partial charge in [0.2, 0.25) is 0 Å². The second kappa shape index (κ2) is 5.92. The van der Waals surface area contributed by atoms with Crippen molar-refractivity contribution in [2.24, 2.45) is 0 Å². The van der Waals surface area contributed by atoms with E-state index in [1.807, 2.05) is 20.8 Å². The van der Waals surface area contributed by atoms with Crippen molar-refractivity contribution in [3.63, 3.8) is 0 Å². The van der Waals surface area contributed by atoms with E-state index in [9.17, 15) is 14.4 Å². The standard InChI is InChI=1S/C18H23N3O3/c1-18(2,3)21-15(22)13-9-8-12(10-14(13)16(21)23)20-17(24)19-11-6-4-5-7-11/h8-11H,4-7H2,1-3H3,(H2,19,20,24). The van der Waals surface area contributed by atoms with Gasteiger partial charge in [-0.3, -0.25) is 14.5 Å². The van der Waals surface area contributed by atoms with Crippen LogP contribution in [0.15, 0.2) is 18.2 Å². The van der Waals surface area contributed by atoms with Gasteiger partial charge in [0.05, 0.1) is 11.1 Å². The Balaban J connectivity index is 1.76. The number of hydrogen-bond donors (Lipinski definition) is 2. The maximum absolute atomic E-state index is 12.5. The van der Waals surface area contributed by atoms with Gasteiger partial charge in [0.25, 0.3) is 11.8 Å². The Labute approximate surface area is 141 Å². The van der Waals surface area contributed by atoms with E-state index >= 15 is 0 Å². The minimum absolute atomic E-state index is 0.221. The Hall–Kier alpha value is -2.37. The van der Waals surface area contributed by atoms with Crippen molar-refractivity contribution in [3.8, 4) is 0 Å². The molecular formula is C18H23N3O3. The molecule has 0 atom stereocenters. The molecule has 0 spiro atoms. The summed E-state index contributed by atoms with van der Waals surface area (Å²) in [5.41, 5.74) is 0.659. The molecule has 0 bridgehead atoms. The molecule has 0 radical (unpaired) electrons. The number of fused-ring (bicyclic) bond motifs is 1. The Bertz CT molecular complexity index is 700. The molecule has 6 nitrogen and oxygen atoms in total. The van der Waals surface area contributed by atoms with Gasteiger partial charge < -0.3 is 10.6 Å². The van der Waals surface area contributed by atoms with E-state index in [2.05, 4.69) is 10.6 Å². The summed E-state index contributed by atoms with van der Waals surface area (Å²) >= 11 is 0. The normalized spacial score (nSPS) is 18.0. The largest absolute Gasteiger partial charge is 0.335 e. The number of imide groups is 1. The molecule has 1 fully saturated rings. The minimum Gasteiger partial charge on any atom is -0.335 e. The maximum Gasteiger partial charge on any atom is 0.319 e. The van der Waals surface area contributed by atoms with Crippen LogP contribution in [0.5, 0.6) is 0 Å². The van der Waals surface area contributed by atoms with Crippen LogP contribution in [0, 0.1) is 0 Å². The van der Waals surface area contributed by atoms with Crippen molar-refractivity contribution in [2.75, 3.05) is 5.32 Å². The minimum atomic E-state index is -0.583. The van der Waals surface area contributed by atoms with Gasteiger partial charge in [0.15, 0.2) is 0 Å². The molecule has 2 aliphatic rings. The van der Waals surface area contributed by atoms with Crippen molar-refractivity contribution < 1.29 is 14.4 Å². The van der Waals surface area contributed by atoms with Crippen molar-refractivity contribution >= 4 is 23.5 Å². The third-order valence-corrected chi connectivity index (χ3v) is 4.51. The van der Waals surface area contributed by atoms with Gasteiger partial charge in [0.1, 0.15) is 0 Å². The summed E-state index contributed by atoms with van der Waals surface area (Å²) < 4.78 is 0. The molecule has 4 amide bonds. The van der Waals surface area contributed by atoms with Gasteiger partial charge in [-0.2, -0.15) is 0 Å². The lowest BCUT2D eigenvalue weighted by Crippen LogP contribution is -2.45. The highest BCUT2D eigenvalue weighted by Crippen LogP contribution is 2.31. The quantitative estimate of drug-likeness (QED) is 0.818. The van der Waals surface area contributed by atoms with Crippen LogP contribution in [0.3, 0.4) is 0 Å². The zero-order chi connectivity index (χ0) is 17.5. The number of anilines is 1. The fraction of sp³-hybridized carbons (Fsp3) is 0.500. The van der Waals surface area contributed by atoms with Crippen LogP contribution in [-0.4, -0.2) is 34.3 Å². The number of hydrogen-bond acceptors (Lipinski definition) is 3. The molecule has 1 heterocycles. The number of carbonyl (C=O) groups excluding carboxylic acids is 3. The smallest absolute Gasteiger partial charge is 0.319 e. The van der Waals surface area contributed by atoms with E-state index in [0.29, 0.717) is 16.8 Å². The zero-order valence-electron chi connectivity index (χ0n) is 14.3. The first-order valence-electron chi connectivity index (χ1n) is 8.38. The second-order valence-electron chi connectivity index (χ2n) is 7.46. The van der Waals surface area contributed by atoms with Gasteiger partial charge >= 0.3 is 6.03 Å². The summed E-state index contributed by atoms with van der Waals surface area (Å²) in [6, 6.07) is 4.79. The van der Waals surface area contributed by atoms with Crippen LogP contribution in [0.4, 0.5) is 10.5 Å². The average molecular weight is 329 g/mol. The van der Waals surface area contributed by atoms with Crippen molar-refractivity contribution in [3.05, 3.63) is 29.3 Å². The lowest BCUT2D eigenvalue weighted by molar-refractivity contribution is 0.0507. The van der Waals surface area contributed by atoms with Gasteiger partial charge in [-0.25, -0.2) is 4.79 Å². The molecule has 1 aromatic rings. The number of benzene rings is 1. The van der Waals surface area contributed by atoms with E-state index in [1.165, 1.54) is 4.90 Å². The molecule has 2 N–H and O–H groups in total. The van der Waals surface area contributed by atoms with Crippen LogP contribution < -0.4 is 10.6 Å². The fourth-order valence-corrected chi connectivity index (χ4v) is 3.35. The van der Waals surface area contributed by atoms with Crippen LogP contribution in [0.2, 0.25) is 0 Å². The first-order chi connectivity index (χ1) is 11.3. The summed E-state index contributed by atoms with van der Waals surface area (Å²) in [5.74, 6) is -0.605. The summed E-state index contributed by atoms with van der Waals surface area (Å²) in [6.07, 6.45) is 4.29. The molecule has 0 saturated heterocycles. The molecule has 0 aromatic heterocycles. The predicted molar refractivity (Wildman–Crippen MR) is 91.1 cm³/mol. The summed E-state index contributed by atoms with van der Waals surface area (Å²) in [6.45, 7) is 5.47. The average Bonchev–Trinajstić information content (AvgIpc) is 3.06. The van der Waals surface area contributed by atoms with Crippen LogP contribution in [0.1, 0.15) is 67.2 Å². The molecular weight excluding hydrogens is 306 g/mol. The molecule has 1 saturated carbocycles. The van der Waals surface area contributed by atoms with Gasteiger partial charge in [-0.15, -0.1) is 0 Å². The maximum atomic E-state index is 12.5. The van der Waals surface area contributed by atoms with Crippen LogP contribution in [0.25, 0.3) is 0 Å². The lowest BCUT2D eigenvalue weighted by Gasteiger charge is -2.29. The Kier molecular flexibility index (Phi) is 4.07. The molecule has 1 aromatic carbocycles. The topological polar surface area (TPSA) is 78.5 Å². The van der Waals surface area contributed by atoms with Crippen LogP contribution >= 0.6 is 0 Å². The highest BCUT2D eigenvalue weighted by atomic mass is 16.2. The first-order valence-corrected chi connectivity index (χ1v) is 8.38. The van der Waals surface area contributed by atoms with Gasteiger partial charge in [0, 0.05) is 17.3 Å². The number of urea groups is 1. The molecule has 3 rings (SSSR count). The number of amides is 4. The Morgan fingerprint density at radius 3 is 2.33 bits per heavy atom. The van der Waals surface area contributed by atoms with E-state index < -0.39 is 5.54 Å². The number of nitrogens with one attached hydrogen (secondary N) is 2. The summed E-state index contributed by atoms with van der Waals surface area (Å²) in [4.78, 5) is 38.3. The van der Waals surface area contributed by atoms with E-state index in [4.69, 9.17) is 0 Å². The Morgan fingerprint density at radius 1 is 1.08 bits per heavy atom. The fourth-order valence-electron chi connectivity index (χ4n) is 3.35. The zero-order valence-corrected chi connectivity index (χ0v) is 14.3. The van der Waals surface area contributed by atoms with E-state index in [0.717, 1.165) is 25.7 Å². The lowest BCUT2D eigenvalue weighted by atomic mass is 10.1. The number of nitrogens with zero attached hydrogens (tertiary/aromatic N) is 1.